The Morgan fingerprint density at radius 2 is 1.94 bits per heavy atom. The molecular weight excluding hydrogens is 446 g/mol. The summed E-state index contributed by atoms with van der Waals surface area (Å²) in [5.41, 5.74) is 5.88. The van der Waals surface area contributed by atoms with Gasteiger partial charge in [-0.25, -0.2) is 4.68 Å². The van der Waals surface area contributed by atoms with Crippen LogP contribution < -0.4 is 9.47 Å². The first kappa shape index (κ1) is 24.4. The summed E-state index contributed by atoms with van der Waals surface area (Å²) in [5.74, 6) is 0.557. The molecule has 1 aliphatic rings. The standard InChI is InChI=1S/C27H31N3O5/c1-16-12-26(35-19(4)31)18(3)23-13-20(10-11-22(16)23)17(2)27(32)34-15-21-14-30(29-28-21)24-8-6-7-9-25(24)33-5/h6-9,12,14,17,20H,10-11,13,15H2,1-5H3/t17-,20-/m1/s1. The number of aryl methyl sites for hydroxylation is 1. The van der Waals surface area contributed by atoms with Gasteiger partial charge in [0.05, 0.1) is 19.2 Å². The molecule has 3 aromatic rings. The van der Waals surface area contributed by atoms with E-state index in [0.29, 0.717) is 17.2 Å². The molecule has 4 rings (SSSR count). The van der Waals surface area contributed by atoms with Gasteiger partial charge in [0.25, 0.3) is 0 Å². The monoisotopic (exact) mass is 477 g/mol. The topological polar surface area (TPSA) is 92.5 Å². The summed E-state index contributed by atoms with van der Waals surface area (Å²) in [5, 5.41) is 8.27. The molecule has 1 aliphatic carbocycles. The highest BCUT2D eigenvalue weighted by Crippen LogP contribution is 2.38. The van der Waals surface area contributed by atoms with Gasteiger partial charge in [0.1, 0.15) is 29.5 Å². The van der Waals surface area contributed by atoms with Crippen LogP contribution in [0.4, 0.5) is 0 Å². The van der Waals surface area contributed by atoms with Gasteiger partial charge in [-0.3, -0.25) is 9.59 Å². The number of aromatic nitrogens is 3. The van der Waals surface area contributed by atoms with Crippen LogP contribution in [0.1, 0.15) is 48.2 Å². The van der Waals surface area contributed by atoms with Crippen LogP contribution in [-0.2, 0) is 33.8 Å². The highest BCUT2D eigenvalue weighted by Gasteiger charge is 2.31. The Labute approximate surface area is 205 Å². The Morgan fingerprint density at radius 1 is 1.17 bits per heavy atom. The van der Waals surface area contributed by atoms with E-state index in [1.807, 2.05) is 51.1 Å². The zero-order valence-electron chi connectivity index (χ0n) is 20.8. The fraction of sp³-hybridized carbons (Fsp3) is 0.407. The van der Waals surface area contributed by atoms with Gasteiger partial charge in [-0.05, 0) is 79.5 Å². The lowest BCUT2D eigenvalue weighted by Crippen LogP contribution is -2.29. The van der Waals surface area contributed by atoms with Crippen LogP contribution >= 0.6 is 0 Å². The van der Waals surface area contributed by atoms with E-state index in [2.05, 4.69) is 10.3 Å². The van der Waals surface area contributed by atoms with E-state index >= 15 is 0 Å². The number of methoxy groups -OCH3 is 1. The number of nitrogens with zero attached hydrogens (tertiary/aromatic N) is 3. The Kier molecular flexibility index (Phi) is 7.19. The van der Waals surface area contributed by atoms with Crippen LogP contribution in [0.2, 0.25) is 0 Å². The maximum atomic E-state index is 12.9. The first-order valence-corrected chi connectivity index (χ1v) is 11.8. The second-order valence-corrected chi connectivity index (χ2v) is 9.09. The fourth-order valence-electron chi connectivity index (χ4n) is 4.78. The van der Waals surface area contributed by atoms with Crippen molar-refractivity contribution in [2.45, 2.75) is 53.6 Å². The number of carbonyl (C=O) groups is 2. The molecule has 0 saturated carbocycles. The molecule has 0 saturated heterocycles. The second kappa shape index (κ2) is 10.3. The third-order valence-electron chi connectivity index (χ3n) is 6.81. The summed E-state index contributed by atoms with van der Waals surface area (Å²) in [7, 11) is 1.60. The Balaban J connectivity index is 1.41. The molecule has 0 fully saturated rings. The maximum absolute atomic E-state index is 12.9. The van der Waals surface area contributed by atoms with E-state index in [1.165, 1.54) is 18.1 Å². The molecule has 0 aliphatic heterocycles. The van der Waals surface area contributed by atoms with Gasteiger partial charge in [-0.1, -0.05) is 24.3 Å². The predicted molar refractivity (Wildman–Crippen MR) is 130 cm³/mol. The molecule has 0 spiro atoms. The molecule has 35 heavy (non-hydrogen) atoms. The van der Waals surface area contributed by atoms with E-state index in [1.54, 1.807) is 18.0 Å². The molecule has 1 aromatic heterocycles. The summed E-state index contributed by atoms with van der Waals surface area (Å²) < 4.78 is 18.0. The van der Waals surface area contributed by atoms with Gasteiger partial charge in [-0.2, -0.15) is 0 Å². The maximum Gasteiger partial charge on any atom is 0.309 e. The minimum Gasteiger partial charge on any atom is -0.494 e. The summed E-state index contributed by atoms with van der Waals surface area (Å²) >= 11 is 0. The summed E-state index contributed by atoms with van der Waals surface area (Å²) in [6.45, 7) is 7.40. The van der Waals surface area contributed by atoms with Crippen LogP contribution in [0.15, 0.2) is 36.5 Å². The van der Waals surface area contributed by atoms with E-state index in [-0.39, 0.29) is 30.4 Å². The Hall–Kier alpha value is -3.68. The lowest BCUT2D eigenvalue weighted by molar-refractivity contribution is -0.151. The number of para-hydroxylation sites is 2. The molecule has 0 N–H and O–H groups in total. The van der Waals surface area contributed by atoms with Gasteiger partial charge >= 0.3 is 11.9 Å². The van der Waals surface area contributed by atoms with Gasteiger partial charge in [0.2, 0.25) is 0 Å². The molecule has 2 atom stereocenters. The fourth-order valence-corrected chi connectivity index (χ4v) is 4.78. The number of carbonyl (C=O) groups excluding carboxylic acids is 2. The number of hydrogen-bond donors (Lipinski definition) is 0. The molecule has 184 valence electrons. The van der Waals surface area contributed by atoms with Crippen molar-refractivity contribution >= 4 is 11.9 Å². The number of rotatable bonds is 7. The van der Waals surface area contributed by atoms with Crippen molar-refractivity contribution in [2.24, 2.45) is 11.8 Å². The number of ether oxygens (including phenoxy) is 3. The molecule has 1 heterocycles. The van der Waals surface area contributed by atoms with Crippen LogP contribution in [-0.4, -0.2) is 34.0 Å². The normalized spacial score (nSPS) is 15.7. The second-order valence-electron chi connectivity index (χ2n) is 9.09. The SMILES string of the molecule is COc1ccccc1-n1cc(COC(=O)[C@H](C)[C@@H]2CCc3c(C)cc(OC(C)=O)c(C)c3C2)nn1. The van der Waals surface area contributed by atoms with Crippen molar-refractivity contribution in [2.75, 3.05) is 7.11 Å². The molecule has 8 nitrogen and oxygen atoms in total. The highest BCUT2D eigenvalue weighted by molar-refractivity contribution is 5.73. The van der Waals surface area contributed by atoms with E-state index in [9.17, 15) is 9.59 Å². The number of hydrogen-bond acceptors (Lipinski definition) is 7. The van der Waals surface area contributed by atoms with E-state index < -0.39 is 0 Å². The molecule has 0 radical (unpaired) electrons. The van der Waals surface area contributed by atoms with Gasteiger partial charge < -0.3 is 14.2 Å². The predicted octanol–water partition coefficient (Wildman–Crippen LogP) is 4.30. The Bertz CT molecular complexity index is 1250. The molecule has 0 amide bonds. The molecular formula is C27H31N3O5. The summed E-state index contributed by atoms with van der Waals surface area (Å²) in [4.78, 5) is 24.4. The lowest BCUT2D eigenvalue weighted by Gasteiger charge is -2.31. The average molecular weight is 478 g/mol. The number of benzene rings is 2. The van der Waals surface area contributed by atoms with Crippen molar-refractivity contribution in [3.05, 3.63) is 64.5 Å². The number of esters is 2. The Morgan fingerprint density at radius 3 is 2.69 bits per heavy atom. The molecule has 8 heteroatoms. The van der Waals surface area contributed by atoms with Crippen LogP contribution in [0, 0.1) is 25.7 Å². The zero-order chi connectivity index (χ0) is 25.1. The van der Waals surface area contributed by atoms with Gasteiger partial charge in [0.15, 0.2) is 0 Å². The highest BCUT2D eigenvalue weighted by atomic mass is 16.5. The minimum absolute atomic E-state index is 0.0519. The van der Waals surface area contributed by atoms with Gasteiger partial charge in [-0.15, -0.1) is 5.10 Å². The van der Waals surface area contributed by atoms with Crippen LogP contribution in [0.5, 0.6) is 11.5 Å². The minimum atomic E-state index is -0.334. The van der Waals surface area contributed by atoms with Crippen LogP contribution in [0.3, 0.4) is 0 Å². The zero-order valence-corrected chi connectivity index (χ0v) is 20.8. The smallest absolute Gasteiger partial charge is 0.309 e. The van der Waals surface area contributed by atoms with Crippen molar-refractivity contribution in [1.29, 1.82) is 0 Å². The summed E-state index contributed by atoms with van der Waals surface area (Å²) in [6.07, 6.45) is 4.27. The quantitative estimate of drug-likeness (QED) is 0.370. The van der Waals surface area contributed by atoms with Crippen molar-refractivity contribution in [3.63, 3.8) is 0 Å². The average Bonchev–Trinajstić information content (AvgIpc) is 3.33. The molecule has 2 aromatic carbocycles. The first-order chi connectivity index (χ1) is 16.8. The first-order valence-electron chi connectivity index (χ1n) is 11.8. The van der Waals surface area contributed by atoms with Crippen molar-refractivity contribution in [1.82, 2.24) is 15.0 Å². The molecule has 0 bridgehead atoms. The van der Waals surface area contributed by atoms with Crippen LogP contribution in [0.25, 0.3) is 5.69 Å². The van der Waals surface area contributed by atoms with Crippen molar-refractivity contribution in [3.8, 4) is 17.2 Å². The largest absolute Gasteiger partial charge is 0.494 e. The van der Waals surface area contributed by atoms with E-state index in [4.69, 9.17) is 14.2 Å². The molecule has 0 unspecified atom stereocenters. The summed E-state index contributed by atoms with van der Waals surface area (Å²) in [6, 6.07) is 9.43. The number of fused-ring (bicyclic) bond motifs is 1. The van der Waals surface area contributed by atoms with Crippen molar-refractivity contribution < 1.29 is 23.8 Å². The van der Waals surface area contributed by atoms with Gasteiger partial charge in [0, 0.05) is 6.92 Å². The van der Waals surface area contributed by atoms with E-state index in [0.717, 1.165) is 36.1 Å². The third-order valence-corrected chi connectivity index (χ3v) is 6.81. The lowest BCUT2D eigenvalue weighted by atomic mass is 9.75. The third kappa shape index (κ3) is 5.21.